The van der Waals surface area contributed by atoms with Gasteiger partial charge in [-0.25, -0.2) is 4.79 Å². The summed E-state index contributed by atoms with van der Waals surface area (Å²) >= 11 is 5.85. The number of unbranched alkanes of at least 4 members (excludes halogenated alkanes) is 1. The Morgan fingerprint density at radius 1 is 1.06 bits per heavy atom. The van der Waals surface area contributed by atoms with E-state index in [2.05, 4.69) is 12.2 Å². The smallest absolute Gasteiger partial charge is 0.329 e. The number of likely N-dealkylation sites (tertiary alicyclic amines) is 1. The number of rotatable bonds is 8. The van der Waals surface area contributed by atoms with Crippen molar-refractivity contribution in [2.24, 2.45) is 35.5 Å². The number of nitrogens with zero attached hydrogens (tertiary/aromatic N) is 1. The van der Waals surface area contributed by atoms with Gasteiger partial charge in [0.25, 0.3) is 0 Å². The SMILES string of the molecule is CCCC[C@H](C(=O)OCC(=O)c1ccc(Cl)cc1)N1C(=O)[C@H]2[C@@H]3C=C[C@H]([C@H]4C[C@H]34)[C@@H]2C1=O. The zero-order valence-electron chi connectivity index (χ0n) is 17.9. The van der Waals surface area contributed by atoms with Gasteiger partial charge >= 0.3 is 5.97 Å². The molecule has 7 atom stereocenters. The van der Waals surface area contributed by atoms with E-state index in [4.69, 9.17) is 16.3 Å². The van der Waals surface area contributed by atoms with Crippen molar-refractivity contribution in [1.82, 2.24) is 4.90 Å². The van der Waals surface area contributed by atoms with Crippen molar-refractivity contribution in [1.29, 1.82) is 0 Å². The van der Waals surface area contributed by atoms with E-state index < -0.39 is 18.6 Å². The van der Waals surface area contributed by atoms with Crippen LogP contribution in [0.1, 0.15) is 43.0 Å². The maximum Gasteiger partial charge on any atom is 0.329 e. The Balaban J connectivity index is 1.31. The summed E-state index contributed by atoms with van der Waals surface area (Å²) in [4.78, 5) is 53.4. The summed E-state index contributed by atoms with van der Waals surface area (Å²) < 4.78 is 5.33. The lowest BCUT2D eigenvalue weighted by Crippen LogP contribution is -2.47. The molecular formula is C25H26ClNO5. The number of imide groups is 1. The Morgan fingerprint density at radius 2 is 1.66 bits per heavy atom. The average molecular weight is 456 g/mol. The quantitative estimate of drug-likeness (QED) is 0.258. The molecule has 2 saturated carbocycles. The van der Waals surface area contributed by atoms with Crippen LogP contribution in [0.5, 0.6) is 0 Å². The van der Waals surface area contributed by atoms with Gasteiger partial charge < -0.3 is 4.74 Å². The number of esters is 1. The molecule has 5 aliphatic rings. The van der Waals surface area contributed by atoms with Crippen molar-refractivity contribution in [2.75, 3.05) is 6.61 Å². The highest BCUT2D eigenvalue weighted by atomic mass is 35.5. The van der Waals surface area contributed by atoms with Crippen LogP contribution in [0.3, 0.4) is 0 Å². The molecule has 2 amide bonds. The molecule has 1 aromatic rings. The van der Waals surface area contributed by atoms with Crippen LogP contribution in [-0.4, -0.2) is 41.1 Å². The molecule has 168 valence electrons. The monoisotopic (exact) mass is 455 g/mol. The van der Waals surface area contributed by atoms with Crippen molar-refractivity contribution >= 4 is 35.2 Å². The highest BCUT2D eigenvalue weighted by Crippen LogP contribution is 2.65. The first-order valence-corrected chi connectivity index (χ1v) is 11.8. The Kier molecular flexibility index (Phi) is 5.44. The Labute approximate surface area is 191 Å². The maximum atomic E-state index is 13.4. The fourth-order valence-corrected chi connectivity index (χ4v) is 6.12. The third kappa shape index (κ3) is 3.40. The summed E-state index contributed by atoms with van der Waals surface area (Å²) in [5.41, 5.74) is 0.383. The van der Waals surface area contributed by atoms with Crippen LogP contribution in [0.2, 0.25) is 5.02 Å². The molecule has 3 fully saturated rings. The standard InChI is InChI=1S/C25H26ClNO5/c1-2-3-4-19(25(31)32-12-20(28)13-5-7-14(26)8-6-13)27-23(29)21-15-9-10-16(18-11-17(15)18)22(21)24(27)30/h5-10,15-19,21-22H,2-4,11-12H2,1H3/t15-,16-,17-,18-,19-,21+,22+/m1/s1. The summed E-state index contributed by atoms with van der Waals surface area (Å²) in [6, 6.07) is 5.35. The third-order valence-electron chi connectivity index (χ3n) is 7.62. The number of amides is 2. The number of carbonyl (C=O) groups excluding carboxylic acids is 4. The summed E-state index contributed by atoms with van der Waals surface area (Å²) in [6.45, 7) is 1.54. The van der Waals surface area contributed by atoms with E-state index in [1.54, 1.807) is 24.3 Å². The number of carbonyl (C=O) groups is 4. The van der Waals surface area contributed by atoms with E-state index in [0.29, 0.717) is 35.3 Å². The predicted octanol–water partition coefficient (Wildman–Crippen LogP) is 3.68. The van der Waals surface area contributed by atoms with Gasteiger partial charge in [0.05, 0.1) is 11.8 Å². The van der Waals surface area contributed by atoms with E-state index in [9.17, 15) is 19.2 Å². The summed E-state index contributed by atoms with van der Waals surface area (Å²) in [5.74, 6) is -1.04. The van der Waals surface area contributed by atoms with Gasteiger partial charge in [0.1, 0.15) is 6.04 Å². The average Bonchev–Trinajstić information content (AvgIpc) is 3.57. The topological polar surface area (TPSA) is 80.8 Å². The van der Waals surface area contributed by atoms with Crippen LogP contribution in [0, 0.1) is 35.5 Å². The number of halogens is 1. The summed E-state index contributed by atoms with van der Waals surface area (Å²) in [6.07, 6.45) is 7.14. The highest BCUT2D eigenvalue weighted by molar-refractivity contribution is 6.30. The highest BCUT2D eigenvalue weighted by Gasteiger charge is 2.67. The van der Waals surface area contributed by atoms with Crippen molar-refractivity contribution in [3.05, 3.63) is 47.0 Å². The minimum absolute atomic E-state index is 0.103. The number of hydrogen-bond donors (Lipinski definition) is 0. The van der Waals surface area contributed by atoms with Crippen LogP contribution in [0.25, 0.3) is 0 Å². The van der Waals surface area contributed by atoms with Gasteiger partial charge in [-0.2, -0.15) is 0 Å². The number of ether oxygens (including phenoxy) is 1. The zero-order valence-corrected chi connectivity index (χ0v) is 18.7. The van der Waals surface area contributed by atoms with Gasteiger partial charge in [0.2, 0.25) is 11.8 Å². The molecule has 4 aliphatic carbocycles. The van der Waals surface area contributed by atoms with E-state index >= 15 is 0 Å². The molecule has 1 heterocycles. The Bertz CT molecular complexity index is 966. The molecule has 6 nitrogen and oxygen atoms in total. The molecule has 1 aromatic carbocycles. The molecule has 6 rings (SSSR count). The molecule has 0 spiro atoms. The third-order valence-corrected chi connectivity index (χ3v) is 7.88. The first kappa shape index (κ1) is 21.4. The fourth-order valence-electron chi connectivity index (χ4n) is 5.99. The van der Waals surface area contributed by atoms with E-state index in [1.807, 2.05) is 6.92 Å². The Hall–Kier alpha value is -2.47. The van der Waals surface area contributed by atoms with Gasteiger partial charge in [-0.3, -0.25) is 19.3 Å². The first-order chi connectivity index (χ1) is 15.4. The molecular weight excluding hydrogens is 430 g/mol. The van der Waals surface area contributed by atoms with Gasteiger partial charge in [0, 0.05) is 10.6 Å². The molecule has 0 aromatic heterocycles. The minimum Gasteiger partial charge on any atom is -0.456 e. The molecule has 0 unspecified atom stereocenters. The van der Waals surface area contributed by atoms with Crippen LogP contribution in [-0.2, 0) is 19.1 Å². The molecule has 0 radical (unpaired) electrons. The second-order valence-corrected chi connectivity index (χ2v) is 9.83. The van der Waals surface area contributed by atoms with Crippen molar-refractivity contribution in [3.8, 4) is 0 Å². The molecule has 1 saturated heterocycles. The van der Waals surface area contributed by atoms with Crippen molar-refractivity contribution in [3.63, 3.8) is 0 Å². The second kappa shape index (κ2) is 8.14. The zero-order chi connectivity index (χ0) is 22.6. The van der Waals surface area contributed by atoms with Crippen LogP contribution in [0.4, 0.5) is 0 Å². The van der Waals surface area contributed by atoms with Gasteiger partial charge in [0.15, 0.2) is 12.4 Å². The second-order valence-electron chi connectivity index (χ2n) is 9.40. The number of benzene rings is 1. The normalized spacial score (nSPS) is 32.5. The lowest BCUT2D eigenvalue weighted by Gasteiger charge is -2.37. The minimum atomic E-state index is -0.978. The molecule has 0 N–H and O–H groups in total. The Morgan fingerprint density at radius 3 is 2.22 bits per heavy atom. The van der Waals surface area contributed by atoms with Crippen molar-refractivity contribution < 1.29 is 23.9 Å². The maximum absolute atomic E-state index is 13.4. The summed E-state index contributed by atoms with van der Waals surface area (Å²) in [7, 11) is 0. The largest absolute Gasteiger partial charge is 0.456 e. The van der Waals surface area contributed by atoms with Gasteiger partial charge in [-0.15, -0.1) is 0 Å². The number of hydrogen-bond acceptors (Lipinski definition) is 5. The van der Waals surface area contributed by atoms with E-state index in [1.165, 1.54) is 4.90 Å². The van der Waals surface area contributed by atoms with Crippen LogP contribution in [0.15, 0.2) is 36.4 Å². The van der Waals surface area contributed by atoms with Gasteiger partial charge in [-0.1, -0.05) is 43.5 Å². The van der Waals surface area contributed by atoms with E-state index in [0.717, 1.165) is 12.8 Å². The number of allylic oxidation sites excluding steroid dienone is 2. The van der Waals surface area contributed by atoms with Crippen molar-refractivity contribution in [2.45, 2.75) is 38.6 Å². The van der Waals surface area contributed by atoms with E-state index in [-0.39, 0.29) is 41.3 Å². The first-order valence-electron chi connectivity index (χ1n) is 11.4. The molecule has 2 bridgehead atoms. The molecule has 32 heavy (non-hydrogen) atoms. The fraction of sp³-hybridized carbons (Fsp3) is 0.520. The van der Waals surface area contributed by atoms with Crippen LogP contribution >= 0.6 is 11.6 Å². The van der Waals surface area contributed by atoms with Gasteiger partial charge in [-0.05, 0) is 60.8 Å². The molecule has 1 aliphatic heterocycles. The predicted molar refractivity (Wildman–Crippen MR) is 117 cm³/mol. The molecule has 7 heteroatoms. The lowest BCUT2D eigenvalue weighted by molar-refractivity contribution is -0.158. The number of Topliss-reactive ketones (excluding diaryl/α,β-unsaturated/α-hetero) is 1. The van der Waals surface area contributed by atoms with Crippen LogP contribution < -0.4 is 0 Å². The summed E-state index contributed by atoms with van der Waals surface area (Å²) in [5, 5.41) is 0.506. The lowest BCUT2D eigenvalue weighted by atomic mass is 9.63. The number of ketones is 1.